The largest absolute Gasteiger partial charge is 0.368 e. The van der Waals surface area contributed by atoms with Gasteiger partial charge in [-0.25, -0.2) is 9.67 Å². The molecule has 2 aliphatic rings. The van der Waals surface area contributed by atoms with E-state index < -0.39 is 0 Å². The van der Waals surface area contributed by atoms with E-state index in [4.69, 9.17) is 9.72 Å². The van der Waals surface area contributed by atoms with Crippen molar-refractivity contribution in [1.82, 2.24) is 29.9 Å². The molecule has 1 fully saturated rings. The Bertz CT molecular complexity index is 840. The molecule has 118 valence electrons. The third kappa shape index (κ3) is 2.24. The molecule has 2 atom stereocenters. The summed E-state index contributed by atoms with van der Waals surface area (Å²) < 4.78 is 8.07. The Morgan fingerprint density at radius 2 is 2.30 bits per heavy atom. The van der Waals surface area contributed by atoms with Gasteiger partial charge < -0.3 is 9.72 Å². The maximum Gasteiger partial charge on any atom is 0.137 e. The Morgan fingerprint density at radius 3 is 3.30 bits per heavy atom. The number of pyridine rings is 1. The smallest absolute Gasteiger partial charge is 0.137 e. The number of aromatic nitrogens is 5. The minimum absolute atomic E-state index is 0.187. The lowest BCUT2D eigenvalue weighted by Crippen LogP contribution is -2.48. The van der Waals surface area contributed by atoms with E-state index in [2.05, 4.69) is 37.0 Å². The quantitative estimate of drug-likeness (QED) is 0.776. The lowest BCUT2D eigenvalue weighted by Gasteiger charge is -2.40. The predicted molar refractivity (Wildman–Crippen MR) is 83.6 cm³/mol. The predicted octanol–water partition coefficient (Wildman–Crippen LogP) is 1.50. The highest BCUT2D eigenvalue weighted by atomic mass is 16.5. The van der Waals surface area contributed by atoms with E-state index in [9.17, 15) is 0 Å². The number of H-pyrrole nitrogens is 1. The summed E-state index contributed by atoms with van der Waals surface area (Å²) in [6, 6.07) is 6.60. The molecule has 0 spiro atoms. The van der Waals surface area contributed by atoms with Gasteiger partial charge in [-0.3, -0.25) is 4.90 Å². The lowest BCUT2D eigenvalue weighted by atomic mass is 10.00. The van der Waals surface area contributed by atoms with Gasteiger partial charge in [0, 0.05) is 31.2 Å². The molecule has 0 radical (unpaired) electrons. The van der Waals surface area contributed by atoms with Crippen LogP contribution in [0.4, 0.5) is 0 Å². The highest BCUT2D eigenvalue weighted by molar-refractivity contribution is 5.75. The van der Waals surface area contributed by atoms with Crippen molar-refractivity contribution in [2.24, 2.45) is 0 Å². The van der Waals surface area contributed by atoms with Gasteiger partial charge in [0.1, 0.15) is 5.65 Å². The summed E-state index contributed by atoms with van der Waals surface area (Å²) in [5.74, 6) is 0. The van der Waals surface area contributed by atoms with Gasteiger partial charge in [-0.05, 0) is 24.6 Å². The molecule has 0 aliphatic carbocycles. The zero-order valence-electron chi connectivity index (χ0n) is 12.7. The van der Waals surface area contributed by atoms with Crippen LogP contribution in [0.3, 0.4) is 0 Å². The molecule has 5 heterocycles. The minimum Gasteiger partial charge on any atom is -0.368 e. The number of hydrogen-bond acceptors (Lipinski definition) is 5. The summed E-state index contributed by atoms with van der Waals surface area (Å²) in [7, 11) is 0. The zero-order valence-corrected chi connectivity index (χ0v) is 12.7. The Kier molecular flexibility index (Phi) is 2.95. The first kappa shape index (κ1) is 13.2. The van der Waals surface area contributed by atoms with E-state index in [1.807, 2.05) is 12.3 Å². The summed E-state index contributed by atoms with van der Waals surface area (Å²) >= 11 is 0. The summed E-state index contributed by atoms with van der Waals surface area (Å²) in [6.45, 7) is 3.39. The molecule has 0 aromatic carbocycles. The van der Waals surface area contributed by atoms with Gasteiger partial charge in [0.15, 0.2) is 0 Å². The summed E-state index contributed by atoms with van der Waals surface area (Å²) in [6.07, 6.45) is 4.95. The Labute approximate surface area is 133 Å². The molecule has 7 heteroatoms. The molecule has 7 nitrogen and oxygen atoms in total. The van der Waals surface area contributed by atoms with E-state index in [1.165, 1.54) is 0 Å². The molecule has 0 bridgehead atoms. The van der Waals surface area contributed by atoms with Crippen LogP contribution in [0, 0.1) is 0 Å². The van der Waals surface area contributed by atoms with Crippen LogP contribution >= 0.6 is 0 Å². The van der Waals surface area contributed by atoms with Crippen LogP contribution in [0.15, 0.2) is 30.6 Å². The van der Waals surface area contributed by atoms with Gasteiger partial charge in [0.2, 0.25) is 0 Å². The van der Waals surface area contributed by atoms with Crippen LogP contribution in [0.2, 0.25) is 0 Å². The summed E-state index contributed by atoms with van der Waals surface area (Å²) in [4.78, 5) is 10.3. The van der Waals surface area contributed by atoms with Gasteiger partial charge in [-0.15, -0.1) is 5.10 Å². The van der Waals surface area contributed by atoms with Gasteiger partial charge >= 0.3 is 0 Å². The van der Waals surface area contributed by atoms with Crippen LogP contribution in [-0.4, -0.2) is 49.1 Å². The number of fused-ring (bicyclic) bond motifs is 4. The normalized spacial score (nSPS) is 24.5. The highest BCUT2D eigenvalue weighted by Gasteiger charge is 2.36. The van der Waals surface area contributed by atoms with E-state index in [1.54, 1.807) is 6.20 Å². The molecule has 3 aromatic heterocycles. The van der Waals surface area contributed by atoms with Gasteiger partial charge in [0.25, 0.3) is 0 Å². The van der Waals surface area contributed by atoms with Crippen molar-refractivity contribution in [2.45, 2.75) is 31.7 Å². The van der Waals surface area contributed by atoms with Crippen molar-refractivity contribution in [3.8, 4) is 0 Å². The minimum atomic E-state index is 0.187. The molecule has 0 saturated carbocycles. The number of aromatic amines is 1. The molecule has 0 amide bonds. The maximum absolute atomic E-state index is 6.02. The molecule has 5 rings (SSSR count). The number of hydrogen-bond donors (Lipinski definition) is 1. The first-order valence-corrected chi connectivity index (χ1v) is 8.03. The lowest BCUT2D eigenvalue weighted by molar-refractivity contribution is -0.0706. The van der Waals surface area contributed by atoms with Crippen molar-refractivity contribution >= 4 is 11.0 Å². The highest BCUT2D eigenvalue weighted by Crippen LogP contribution is 2.30. The fourth-order valence-corrected chi connectivity index (χ4v) is 3.68. The van der Waals surface area contributed by atoms with Gasteiger partial charge in [0.05, 0.1) is 36.3 Å². The topological polar surface area (TPSA) is 71.9 Å². The summed E-state index contributed by atoms with van der Waals surface area (Å²) in [5.41, 5.74) is 3.13. The molecule has 2 aliphatic heterocycles. The Hall–Kier alpha value is -2.25. The van der Waals surface area contributed by atoms with Crippen molar-refractivity contribution < 1.29 is 4.74 Å². The Balaban J connectivity index is 1.32. The first-order valence-electron chi connectivity index (χ1n) is 8.03. The molecular formula is C16H18N6O. The van der Waals surface area contributed by atoms with Crippen molar-refractivity contribution in [2.75, 3.05) is 13.1 Å². The van der Waals surface area contributed by atoms with E-state index in [-0.39, 0.29) is 6.10 Å². The Morgan fingerprint density at radius 1 is 1.30 bits per heavy atom. The van der Waals surface area contributed by atoms with Crippen LogP contribution in [0.25, 0.3) is 11.0 Å². The van der Waals surface area contributed by atoms with E-state index >= 15 is 0 Å². The number of likely N-dealkylation sites (tertiary alicyclic amines) is 1. The molecule has 23 heavy (non-hydrogen) atoms. The fourth-order valence-electron chi connectivity index (χ4n) is 3.68. The van der Waals surface area contributed by atoms with Crippen molar-refractivity contribution in [3.63, 3.8) is 0 Å². The zero-order chi connectivity index (χ0) is 15.2. The number of piperidine rings is 1. The average Bonchev–Trinajstić information content (AvgIpc) is 3.23. The van der Waals surface area contributed by atoms with Crippen LogP contribution in [-0.2, 0) is 17.9 Å². The number of rotatable bonds is 2. The molecule has 1 saturated heterocycles. The number of ether oxygens (including phenoxy) is 1. The summed E-state index contributed by atoms with van der Waals surface area (Å²) in [5, 5.41) is 9.40. The second kappa shape index (κ2) is 5.14. The van der Waals surface area contributed by atoms with E-state index in [0.717, 1.165) is 48.5 Å². The first-order chi connectivity index (χ1) is 11.4. The maximum atomic E-state index is 6.02. The van der Waals surface area contributed by atoms with Crippen molar-refractivity contribution in [3.05, 3.63) is 42.0 Å². The molecule has 1 N–H and O–H groups in total. The molecular weight excluding hydrogens is 292 g/mol. The molecule has 3 aromatic rings. The van der Waals surface area contributed by atoms with Gasteiger partial charge in [-0.2, -0.15) is 0 Å². The van der Waals surface area contributed by atoms with Crippen LogP contribution in [0.1, 0.15) is 23.9 Å². The van der Waals surface area contributed by atoms with E-state index in [0.29, 0.717) is 12.6 Å². The SMILES string of the molecule is c1cc2ccc(CN3CC[C@H]4[C@H](C3)OCc3cnnn34)nc2[nH]1. The molecule has 0 unspecified atom stereocenters. The monoisotopic (exact) mass is 310 g/mol. The van der Waals surface area contributed by atoms with Crippen molar-refractivity contribution in [1.29, 1.82) is 0 Å². The van der Waals surface area contributed by atoms with Gasteiger partial charge in [-0.1, -0.05) is 5.21 Å². The number of nitrogens with zero attached hydrogens (tertiary/aromatic N) is 5. The third-order valence-corrected chi connectivity index (χ3v) is 4.87. The van der Waals surface area contributed by atoms with Crippen LogP contribution in [0.5, 0.6) is 0 Å². The third-order valence-electron chi connectivity index (χ3n) is 4.87. The van der Waals surface area contributed by atoms with Crippen LogP contribution < -0.4 is 0 Å². The second-order valence-corrected chi connectivity index (χ2v) is 6.33. The second-order valence-electron chi connectivity index (χ2n) is 6.33. The fraction of sp³-hybridized carbons (Fsp3) is 0.438. The average molecular weight is 310 g/mol. The standard InChI is InChI=1S/C16H18N6O/c1-2-12(19-16-11(1)3-5-17-16)8-21-6-4-14-15(9-21)23-10-13-7-18-20-22(13)14/h1-3,5,7,14-15H,4,6,8-10H2,(H,17,19)/t14-,15-/m0/s1. The number of nitrogens with one attached hydrogen (secondary N) is 1.